The number of rotatable bonds is 5. The maximum Gasteiger partial charge on any atom is 0.238 e. The Bertz CT molecular complexity index is 1280. The maximum absolute atomic E-state index is 14.0. The van der Waals surface area contributed by atoms with Gasteiger partial charge in [0.15, 0.2) is 5.58 Å². The maximum atomic E-state index is 14.0. The fourth-order valence-corrected chi connectivity index (χ4v) is 4.26. The van der Waals surface area contributed by atoms with Gasteiger partial charge in [0, 0.05) is 15.6 Å². The zero-order valence-electron chi connectivity index (χ0n) is 15.4. The first kappa shape index (κ1) is 20.3. The van der Waals surface area contributed by atoms with E-state index in [9.17, 15) is 9.65 Å². The van der Waals surface area contributed by atoms with Gasteiger partial charge in [-0.05, 0) is 52.3 Å². The Kier molecular flexibility index (Phi) is 5.98. The number of halogens is 3. The third-order valence-electron chi connectivity index (χ3n) is 4.31. The molecule has 0 aliphatic rings. The number of hydrogen-bond donors (Lipinski definition) is 0. The average Bonchev–Trinajstić information content (AvgIpc) is 3.16. The van der Waals surface area contributed by atoms with E-state index in [0.717, 1.165) is 4.47 Å². The molecule has 0 atom stereocenters. The van der Waals surface area contributed by atoms with Gasteiger partial charge in [-0.15, -0.1) is 0 Å². The van der Waals surface area contributed by atoms with E-state index in [1.54, 1.807) is 36.4 Å². The zero-order chi connectivity index (χ0) is 21.1. The molecule has 0 saturated carbocycles. The number of oxazole rings is 1. The van der Waals surface area contributed by atoms with Crippen LogP contribution in [-0.2, 0) is 6.61 Å². The first-order valence-electron chi connectivity index (χ1n) is 8.88. The Morgan fingerprint density at radius 2 is 1.90 bits per heavy atom. The van der Waals surface area contributed by atoms with E-state index in [0.29, 0.717) is 32.4 Å². The number of ether oxygens (including phenoxy) is 1. The predicted octanol–water partition coefficient (Wildman–Crippen LogP) is 7.14. The SMILES string of the molecule is N#C/C(=C\c1cc(Br)cc(Br)c1OCc1ccccc1F)c1nc2ccccc2o1. The third-order valence-corrected chi connectivity index (χ3v) is 5.36. The fourth-order valence-electron chi connectivity index (χ4n) is 2.89. The second-order valence-electron chi connectivity index (χ2n) is 6.34. The molecule has 0 bridgehead atoms. The number of nitriles is 1. The third kappa shape index (κ3) is 4.30. The fraction of sp³-hybridized carbons (Fsp3) is 0.0435. The lowest BCUT2D eigenvalue weighted by Crippen LogP contribution is -2.00. The molecule has 1 heterocycles. The van der Waals surface area contributed by atoms with Gasteiger partial charge in [-0.2, -0.15) is 5.26 Å². The monoisotopic (exact) mass is 526 g/mol. The lowest BCUT2D eigenvalue weighted by atomic mass is 10.1. The Morgan fingerprint density at radius 3 is 2.67 bits per heavy atom. The minimum atomic E-state index is -0.341. The Labute approximate surface area is 188 Å². The molecule has 0 spiro atoms. The van der Waals surface area contributed by atoms with Crippen molar-refractivity contribution in [3.05, 3.63) is 92.4 Å². The van der Waals surface area contributed by atoms with Crippen LogP contribution in [0, 0.1) is 17.1 Å². The van der Waals surface area contributed by atoms with Crippen LogP contribution in [0.3, 0.4) is 0 Å². The van der Waals surface area contributed by atoms with Crippen molar-refractivity contribution < 1.29 is 13.5 Å². The van der Waals surface area contributed by atoms with Gasteiger partial charge >= 0.3 is 0 Å². The summed E-state index contributed by atoms with van der Waals surface area (Å²) < 4.78 is 27.1. The van der Waals surface area contributed by atoms with Gasteiger partial charge in [0.25, 0.3) is 0 Å². The summed E-state index contributed by atoms with van der Waals surface area (Å²) in [7, 11) is 0. The highest BCUT2D eigenvalue weighted by Gasteiger charge is 2.15. The molecule has 0 aliphatic heterocycles. The second kappa shape index (κ2) is 8.82. The van der Waals surface area contributed by atoms with Gasteiger partial charge in [0.1, 0.15) is 35.3 Å². The van der Waals surface area contributed by atoms with Crippen molar-refractivity contribution in [2.75, 3.05) is 0 Å². The van der Waals surface area contributed by atoms with Gasteiger partial charge < -0.3 is 9.15 Å². The van der Waals surface area contributed by atoms with Crippen LogP contribution < -0.4 is 4.74 Å². The molecule has 0 unspecified atom stereocenters. The highest BCUT2D eigenvalue weighted by atomic mass is 79.9. The lowest BCUT2D eigenvalue weighted by molar-refractivity contribution is 0.297. The molecule has 0 saturated heterocycles. The van der Waals surface area contributed by atoms with Crippen LogP contribution in [0.25, 0.3) is 22.7 Å². The second-order valence-corrected chi connectivity index (χ2v) is 8.11. The Balaban J connectivity index is 1.73. The minimum absolute atomic E-state index is 0.0402. The smallest absolute Gasteiger partial charge is 0.238 e. The number of hydrogen-bond acceptors (Lipinski definition) is 4. The van der Waals surface area contributed by atoms with Crippen LogP contribution in [0.1, 0.15) is 17.0 Å². The Morgan fingerprint density at radius 1 is 1.13 bits per heavy atom. The normalized spacial score (nSPS) is 11.5. The summed E-state index contributed by atoms with van der Waals surface area (Å²) in [4.78, 5) is 4.39. The van der Waals surface area contributed by atoms with Crippen molar-refractivity contribution in [2.45, 2.75) is 6.61 Å². The topological polar surface area (TPSA) is 59.0 Å². The lowest BCUT2D eigenvalue weighted by Gasteiger charge is -2.13. The van der Waals surface area contributed by atoms with Crippen molar-refractivity contribution in [3.8, 4) is 11.8 Å². The van der Waals surface area contributed by atoms with Crippen LogP contribution in [0.4, 0.5) is 4.39 Å². The number of aromatic nitrogens is 1. The molecule has 0 aliphatic carbocycles. The van der Waals surface area contributed by atoms with E-state index < -0.39 is 0 Å². The summed E-state index contributed by atoms with van der Waals surface area (Å²) >= 11 is 6.94. The van der Waals surface area contributed by atoms with Crippen molar-refractivity contribution in [1.29, 1.82) is 5.26 Å². The van der Waals surface area contributed by atoms with Crippen molar-refractivity contribution in [2.24, 2.45) is 0 Å². The first-order valence-corrected chi connectivity index (χ1v) is 10.5. The number of para-hydroxylation sites is 2. The van der Waals surface area contributed by atoms with Crippen LogP contribution in [0.15, 0.2) is 74.0 Å². The molecular formula is C23H13Br2FN2O2. The predicted molar refractivity (Wildman–Crippen MR) is 120 cm³/mol. The van der Waals surface area contributed by atoms with Crippen LogP contribution in [-0.4, -0.2) is 4.98 Å². The van der Waals surface area contributed by atoms with Crippen molar-refractivity contribution in [3.63, 3.8) is 0 Å². The average molecular weight is 528 g/mol. The number of allylic oxidation sites excluding steroid dienone is 1. The van der Waals surface area contributed by atoms with E-state index in [-0.39, 0.29) is 23.9 Å². The van der Waals surface area contributed by atoms with E-state index in [1.165, 1.54) is 6.07 Å². The van der Waals surface area contributed by atoms with Gasteiger partial charge in [-0.25, -0.2) is 9.37 Å². The van der Waals surface area contributed by atoms with E-state index in [2.05, 4.69) is 42.9 Å². The standard InChI is InChI=1S/C23H13Br2FN2O2/c24-17-10-15(9-16(12-27)23-28-20-7-3-4-8-21(20)30-23)22(18(25)11-17)29-13-14-5-1-2-6-19(14)26/h1-11H,13H2/b16-9+. The van der Waals surface area contributed by atoms with Crippen LogP contribution in [0.5, 0.6) is 5.75 Å². The summed E-state index contributed by atoms with van der Waals surface area (Å²) in [6, 6.07) is 19.5. The largest absolute Gasteiger partial charge is 0.487 e. The van der Waals surface area contributed by atoms with Gasteiger partial charge in [-0.1, -0.05) is 46.3 Å². The molecule has 3 aromatic carbocycles. The summed E-state index contributed by atoms with van der Waals surface area (Å²) in [5.41, 5.74) is 2.56. The number of benzene rings is 3. The molecule has 148 valence electrons. The van der Waals surface area contributed by atoms with Crippen LogP contribution >= 0.6 is 31.9 Å². The molecule has 4 rings (SSSR count). The zero-order valence-corrected chi connectivity index (χ0v) is 18.6. The highest BCUT2D eigenvalue weighted by Crippen LogP contribution is 2.36. The molecule has 1 aromatic heterocycles. The minimum Gasteiger partial charge on any atom is -0.487 e. The molecule has 0 radical (unpaired) electrons. The number of nitrogens with zero attached hydrogens (tertiary/aromatic N) is 2. The first-order chi connectivity index (χ1) is 14.5. The van der Waals surface area contributed by atoms with Gasteiger partial charge in [-0.3, -0.25) is 0 Å². The molecule has 7 heteroatoms. The number of fused-ring (bicyclic) bond motifs is 1. The van der Waals surface area contributed by atoms with Gasteiger partial charge in [0.05, 0.1) is 4.47 Å². The summed E-state index contributed by atoms with van der Waals surface area (Å²) in [5, 5.41) is 9.71. The van der Waals surface area contributed by atoms with E-state index in [1.807, 2.05) is 24.3 Å². The Hall–Kier alpha value is -2.95. The molecule has 30 heavy (non-hydrogen) atoms. The van der Waals surface area contributed by atoms with E-state index in [4.69, 9.17) is 9.15 Å². The quantitative estimate of drug-likeness (QED) is 0.259. The summed E-state index contributed by atoms with van der Waals surface area (Å²) in [6.07, 6.45) is 1.64. The highest BCUT2D eigenvalue weighted by molar-refractivity contribution is 9.11. The summed E-state index contributed by atoms with van der Waals surface area (Å²) in [5.74, 6) is 0.354. The van der Waals surface area contributed by atoms with Crippen LogP contribution in [0.2, 0.25) is 0 Å². The van der Waals surface area contributed by atoms with Gasteiger partial charge in [0.2, 0.25) is 5.89 Å². The molecule has 0 N–H and O–H groups in total. The molecule has 4 nitrogen and oxygen atoms in total. The summed E-state index contributed by atoms with van der Waals surface area (Å²) in [6.45, 7) is 0.0402. The molecule has 0 fully saturated rings. The van der Waals surface area contributed by atoms with Crippen molar-refractivity contribution >= 4 is 54.6 Å². The molecule has 0 amide bonds. The molecular weight excluding hydrogens is 515 g/mol. The van der Waals surface area contributed by atoms with Crippen molar-refractivity contribution in [1.82, 2.24) is 4.98 Å². The molecule has 4 aromatic rings. The van der Waals surface area contributed by atoms with E-state index >= 15 is 0 Å².